The van der Waals surface area contributed by atoms with Gasteiger partial charge in [-0.15, -0.1) is 5.10 Å². The molecule has 26 heavy (non-hydrogen) atoms. The van der Waals surface area contributed by atoms with Gasteiger partial charge in [0.15, 0.2) is 11.5 Å². The van der Waals surface area contributed by atoms with Crippen LogP contribution in [0.4, 0.5) is 0 Å². The number of benzene rings is 1. The van der Waals surface area contributed by atoms with Crippen molar-refractivity contribution in [1.29, 1.82) is 0 Å². The number of hydrogen-bond acceptors (Lipinski definition) is 5. The standard InChI is InChI=1S/C19H24N4O3/c1-2-3-15-13-23(21-20-15)16-6-8-22(9-7-16)19(24)14-4-5-17-18(12-14)26-11-10-25-17/h4-5,12-13,16H,2-3,6-11H2,1H3. The number of rotatable bonds is 4. The van der Waals surface area contributed by atoms with E-state index in [0.29, 0.717) is 36.3 Å². The summed E-state index contributed by atoms with van der Waals surface area (Å²) < 4.78 is 13.1. The lowest BCUT2D eigenvalue weighted by atomic mass is 10.0. The van der Waals surface area contributed by atoms with Crippen LogP contribution in [0, 0.1) is 0 Å². The molecule has 1 amide bonds. The highest BCUT2D eigenvalue weighted by Crippen LogP contribution is 2.31. The Balaban J connectivity index is 1.38. The van der Waals surface area contributed by atoms with Gasteiger partial charge >= 0.3 is 0 Å². The highest BCUT2D eigenvalue weighted by molar-refractivity contribution is 5.95. The third-order valence-electron chi connectivity index (χ3n) is 4.98. The smallest absolute Gasteiger partial charge is 0.253 e. The van der Waals surface area contributed by atoms with Gasteiger partial charge in [-0.25, -0.2) is 4.68 Å². The fraction of sp³-hybridized carbons (Fsp3) is 0.526. The van der Waals surface area contributed by atoms with E-state index in [2.05, 4.69) is 17.2 Å². The van der Waals surface area contributed by atoms with Crippen molar-refractivity contribution >= 4 is 5.91 Å². The fourth-order valence-corrected chi connectivity index (χ4v) is 3.55. The summed E-state index contributed by atoms with van der Waals surface area (Å²) in [6, 6.07) is 5.74. The van der Waals surface area contributed by atoms with E-state index in [1.165, 1.54) is 0 Å². The van der Waals surface area contributed by atoms with Crippen LogP contribution < -0.4 is 9.47 Å². The molecule has 0 atom stereocenters. The average Bonchev–Trinajstić information content (AvgIpc) is 3.16. The van der Waals surface area contributed by atoms with Gasteiger partial charge in [-0.05, 0) is 37.5 Å². The number of amides is 1. The SMILES string of the molecule is CCCc1cn(C2CCN(C(=O)c3ccc4c(c3)OCCO4)CC2)nn1. The Morgan fingerprint density at radius 2 is 1.96 bits per heavy atom. The van der Waals surface area contributed by atoms with E-state index in [1.54, 1.807) is 6.07 Å². The van der Waals surface area contributed by atoms with Crippen LogP contribution in [-0.4, -0.2) is 52.1 Å². The lowest BCUT2D eigenvalue weighted by molar-refractivity contribution is 0.0688. The lowest BCUT2D eigenvalue weighted by Crippen LogP contribution is -2.39. The first-order valence-electron chi connectivity index (χ1n) is 9.34. The Morgan fingerprint density at radius 3 is 2.73 bits per heavy atom. The largest absolute Gasteiger partial charge is 0.486 e. The number of likely N-dealkylation sites (tertiary alicyclic amines) is 1. The number of aromatic nitrogens is 3. The zero-order valence-electron chi connectivity index (χ0n) is 15.1. The maximum atomic E-state index is 12.8. The molecule has 0 saturated carbocycles. The highest BCUT2D eigenvalue weighted by Gasteiger charge is 2.26. The molecule has 138 valence electrons. The van der Waals surface area contributed by atoms with Gasteiger partial charge in [0.25, 0.3) is 5.91 Å². The molecule has 4 rings (SSSR count). The molecule has 0 spiro atoms. The second-order valence-electron chi connectivity index (χ2n) is 6.82. The maximum absolute atomic E-state index is 12.8. The quantitative estimate of drug-likeness (QED) is 0.842. The Kier molecular flexibility index (Phi) is 4.77. The van der Waals surface area contributed by atoms with Crippen molar-refractivity contribution in [3.63, 3.8) is 0 Å². The molecular weight excluding hydrogens is 332 g/mol. The van der Waals surface area contributed by atoms with Gasteiger partial charge in [0, 0.05) is 24.8 Å². The molecule has 7 heteroatoms. The Morgan fingerprint density at radius 1 is 1.19 bits per heavy atom. The minimum atomic E-state index is 0.0469. The van der Waals surface area contributed by atoms with Gasteiger partial charge in [-0.3, -0.25) is 4.79 Å². The normalized spacial score (nSPS) is 17.3. The van der Waals surface area contributed by atoms with Gasteiger partial charge in [-0.1, -0.05) is 18.6 Å². The van der Waals surface area contributed by atoms with E-state index in [4.69, 9.17) is 9.47 Å². The van der Waals surface area contributed by atoms with Crippen LogP contribution in [0.1, 0.15) is 48.3 Å². The summed E-state index contributed by atoms with van der Waals surface area (Å²) in [6.07, 6.45) is 5.87. The third kappa shape index (κ3) is 3.38. The van der Waals surface area contributed by atoms with Crippen molar-refractivity contribution in [3.05, 3.63) is 35.7 Å². The monoisotopic (exact) mass is 356 g/mol. The first kappa shape index (κ1) is 16.9. The molecular formula is C19H24N4O3. The van der Waals surface area contributed by atoms with Crippen LogP contribution in [0.15, 0.2) is 24.4 Å². The van der Waals surface area contributed by atoms with Gasteiger partial charge in [0.1, 0.15) is 13.2 Å². The zero-order chi connectivity index (χ0) is 17.9. The number of nitrogens with zero attached hydrogens (tertiary/aromatic N) is 4. The number of piperidine rings is 1. The molecule has 1 aromatic carbocycles. The second-order valence-corrected chi connectivity index (χ2v) is 6.82. The molecule has 0 bridgehead atoms. The number of carbonyl (C=O) groups is 1. The number of carbonyl (C=O) groups excluding carboxylic acids is 1. The van der Waals surface area contributed by atoms with Crippen LogP contribution in [0.5, 0.6) is 11.5 Å². The summed E-state index contributed by atoms with van der Waals surface area (Å²) >= 11 is 0. The van der Waals surface area contributed by atoms with Gasteiger partial charge in [0.2, 0.25) is 0 Å². The van der Waals surface area contributed by atoms with Gasteiger partial charge in [-0.2, -0.15) is 0 Å². The molecule has 3 heterocycles. The maximum Gasteiger partial charge on any atom is 0.253 e. The molecule has 1 aromatic heterocycles. The molecule has 0 radical (unpaired) electrons. The van der Waals surface area contributed by atoms with E-state index >= 15 is 0 Å². The number of hydrogen-bond donors (Lipinski definition) is 0. The Hall–Kier alpha value is -2.57. The number of aryl methyl sites for hydroxylation is 1. The van der Waals surface area contributed by atoms with Crippen molar-refractivity contribution in [2.75, 3.05) is 26.3 Å². The first-order chi connectivity index (χ1) is 12.7. The predicted octanol–water partition coefficient (Wildman–Crippen LogP) is 2.48. The van der Waals surface area contributed by atoms with Crippen molar-refractivity contribution in [2.45, 2.75) is 38.6 Å². The summed E-state index contributed by atoms with van der Waals surface area (Å²) in [7, 11) is 0. The molecule has 0 N–H and O–H groups in total. The van der Waals surface area contributed by atoms with E-state index in [-0.39, 0.29) is 5.91 Å². The molecule has 1 fully saturated rings. The van der Waals surface area contributed by atoms with Crippen LogP contribution >= 0.6 is 0 Å². The summed E-state index contributed by atoms with van der Waals surface area (Å²) in [5.74, 6) is 1.41. The second kappa shape index (κ2) is 7.35. The first-order valence-corrected chi connectivity index (χ1v) is 9.34. The topological polar surface area (TPSA) is 69.5 Å². The molecule has 0 aliphatic carbocycles. The van der Waals surface area contributed by atoms with Gasteiger partial charge < -0.3 is 14.4 Å². The van der Waals surface area contributed by atoms with Crippen molar-refractivity contribution < 1.29 is 14.3 Å². The number of ether oxygens (including phenoxy) is 2. The Labute approximate surface area is 152 Å². The molecule has 2 aliphatic rings. The molecule has 1 saturated heterocycles. The van der Waals surface area contributed by atoms with Gasteiger partial charge in [0.05, 0.1) is 11.7 Å². The lowest BCUT2D eigenvalue weighted by Gasteiger charge is -2.32. The molecule has 2 aromatic rings. The molecule has 2 aliphatic heterocycles. The van der Waals surface area contributed by atoms with E-state index in [1.807, 2.05) is 27.9 Å². The number of fused-ring (bicyclic) bond motifs is 1. The van der Waals surface area contributed by atoms with E-state index < -0.39 is 0 Å². The summed E-state index contributed by atoms with van der Waals surface area (Å²) in [5.41, 5.74) is 1.70. The fourth-order valence-electron chi connectivity index (χ4n) is 3.55. The predicted molar refractivity (Wildman–Crippen MR) is 95.6 cm³/mol. The van der Waals surface area contributed by atoms with Crippen molar-refractivity contribution in [2.24, 2.45) is 0 Å². The van der Waals surface area contributed by atoms with Crippen LogP contribution in [0.3, 0.4) is 0 Å². The zero-order valence-corrected chi connectivity index (χ0v) is 15.1. The third-order valence-corrected chi connectivity index (χ3v) is 4.98. The average molecular weight is 356 g/mol. The molecule has 7 nitrogen and oxygen atoms in total. The minimum absolute atomic E-state index is 0.0469. The highest BCUT2D eigenvalue weighted by atomic mass is 16.6. The van der Waals surface area contributed by atoms with Crippen molar-refractivity contribution in [3.8, 4) is 11.5 Å². The van der Waals surface area contributed by atoms with Crippen molar-refractivity contribution in [1.82, 2.24) is 19.9 Å². The Bertz CT molecular complexity index is 781. The molecule has 0 unspecified atom stereocenters. The minimum Gasteiger partial charge on any atom is -0.486 e. The van der Waals surface area contributed by atoms with Crippen LogP contribution in [0.2, 0.25) is 0 Å². The summed E-state index contributed by atoms with van der Waals surface area (Å²) in [5, 5.41) is 8.50. The summed E-state index contributed by atoms with van der Waals surface area (Å²) in [4.78, 5) is 14.7. The van der Waals surface area contributed by atoms with E-state index in [9.17, 15) is 4.79 Å². The van der Waals surface area contributed by atoms with E-state index in [0.717, 1.165) is 44.5 Å². The van der Waals surface area contributed by atoms with Crippen LogP contribution in [-0.2, 0) is 6.42 Å². The summed E-state index contributed by atoms with van der Waals surface area (Å²) in [6.45, 7) is 4.66. The van der Waals surface area contributed by atoms with Crippen LogP contribution in [0.25, 0.3) is 0 Å².